The molecular formula is C6H6BO2. The summed E-state index contributed by atoms with van der Waals surface area (Å²) < 4.78 is 0. The minimum atomic E-state index is 0.847. The summed E-state index contributed by atoms with van der Waals surface area (Å²) in [5.74, 6) is 0. The zero-order chi connectivity index (χ0) is 6.53. The lowest BCUT2D eigenvalue weighted by Crippen LogP contribution is -2.14. The largest absolute Gasteiger partial charge is 0.381 e. The smallest absolute Gasteiger partial charge is 0.307 e. The Morgan fingerprint density at radius 1 is 1.22 bits per heavy atom. The minimum absolute atomic E-state index is 0.847. The SMILES string of the molecule is OO[B]c1ccccc1. The standard InChI is InChI=1S/C6H6BO2/c8-9-7-6-4-2-1-3-5-6/h1-5,8H. The van der Waals surface area contributed by atoms with Crippen molar-refractivity contribution < 1.29 is 10.1 Å². The van der Waals surface area contributed by atoms with Gasteiger partial charge in [-0.05, 0) is 0 Å². The third-order valence-electron chi connectivity index (χ3n) is 0.988. The third-order valence-corrected chi connectivity index (χ3v) is 0.988. The van der Waals surface area contributed by atoms with Gasteiger partial charge in [0, 0.05) is 0 Å². The topological polar surface area (TPSA) is 29.5 Å². The maximum absolute atomic E-state index is 7.96. The maximum atomic E-state index is 7.96. The number of hydrogen-bond acceptors (Lipinski definition) is 2. The first-order valence-electron chi connectivity index (χ1n) is 2.62. The monoisotopic (exact) mass is 121 g/mol. The van der Waals surface area contributed by atoms with Crippen molar-refractivity contribution in [1.29, 1.82) is 0 Å². The van der Waals surface area contributed by atoms with E-state index in [-0.39, 0.29) is 0 Å². The fourth-order valence-electron chi connectivity index (χ4n) is 0.592. The van der Waals surface area contributed by atoms with Crippen LogP contribution in [-0.4, -0.2) is 12.7 Å². The van der Waals surface area contributed by atoms with Gasteiger partial charge in [0.05, 0.1) is 0 Å². The number of benzene rings is 1. The maximum Gasteiger partial charge on any atom is 0.381 e. The molecule has 1 aromatic carbocycles. The first-order valence-corrected chi connectivity index (χ1v) is 2.62. The molecule has 0 aliphatic carbocycles. The van der Waals surface area contributed by atoms with E-state index in [4.69, 9.17) is 5.26 Å². The van der Waals surface area contributed by atoms with E-state index in [9.17, 15) is 0 Å². The van der Waals surface area contributed by atoms with Gasteiger partial charge in [-0.25, -0.2) is 0 Å². The molecule has 0 aliphatic heterocycles. The first kappa shape index (κ1) is 6.33. The highest BCUT2D eigenvalue weighted by Crippen LogP contribution is 1.79. The lowest BCUT2D eigenvalue weighted by Gasteiger charge is -1.90. The van der Waals surface area contributed by atoms with Crippen LogP contribution in [0.15, 0.2) is 30.3 Å². The summed E-state index contributed by atoms with van der Waals surface area (Å²) in [4.78, 5) is 3.80. The van der Waals surface area contributed by atoms with Crippen LogP contribution in [0.1, 0.15) is 0 Å². The van der Waals surface area contributed by atoms with Crippen LogP contribution in [0, 0.1) is 0 Å². The van der Waals surface area contributed by atoms with Crippen molar-refractivity contribution in [3.63, 3.8) is 0 Å². The molecule has 1 N–H and O–H groups in total. The summed E-state index contributed by atoms with van der Waals surface area (Å²) in [6, 6.07) is 9.29. The Labute approximate surface area is 54.3 Å². The van der Waals surface area contributed by atoms with Crippen molar-refractivity contribution >= 4 is 12.9 Å². The molecular weight excluding hydrogens is 115 g/mol. The highest BCUT2D eigenvalue weighted by atomic mass is 17.1. The minimum Gasteiger partial charge on any atom is -0.307 e. The second-order valence-corrected chi connectivity index (χ2v) is 1.63. The second kappa shape index (κ2) is 3.27. The summed E-state index contributed by atoms with van der Waals surface area (Å²) in [6.45, 7) is 0. The van der Waals surface area contributed by atoms with Gasteiger partial charge in [-0.1, -0.05) is 35.8 Å². The highest BCUT2D eigenvalue weighted by molar-refractivity contribution is 6.46. The van der Waals surface area contributed by atoms with Crippen molar-refractivity contribution in [3.8, 4) is 0 Å². The Hall–Kier alpha value is -0.795. The summed E-state index contributed by atoms with van der Waals surface area (Å²) in [6.07, 6.45) is 0. The van der Waals surface area contributed by atoms with Gasteiger partial charge >= 0.3 is 7.48 Å². The molecule has 0 atom stereocenters. The van der Waals surface area contributed by atoms with Gasteiger partial charge < -0.3 is 4.81 Å². The summed E-state index contributed by atoms with van der Waals surface area (Å²) in [5.41, 5.74) is 0.847. The lowest BCUT2D eigenvalue weighted by atomic mass is 9.89. The van der Waals surface area contributed by atoms with Gasteiger partial charge in [0.1, 0.15) is 0 Å². The van der Waals surface area contributed by atoms with Gasteiger partial charge in [-0.15, -0.1) is 0 Å². The fraction of sp³-hybridized carbons (Fsp3) is 0. The zero-order valence-corrected chi connectivity index (χ0v) is 4.82. The first-order chi connectivity index (χ1) is 4.43. The molecule has 1 aromatic rings. The van der Waals surface area contributed by atoms with Crippen LogP contribution in [0.5, 0.6) is 0 Å². The average Bonchev–Trinajstić information content (AvgIpc) is 1.91. The van der Waals surface area contributed by atoms with Gasteiger partial charge in [0.25, 0.3) is 0 Å². The molecule has 1 radical (unpaired) electrons. The van der Waals surface area contributed by atoms with Crippen LogP contribution < -0.4 is 5.46 Å². The number of hydrogen-bond donors (Lipinski definition) is 1. The zero-order valence-electron chi connectivity index (χ0n) is 4.82. The van der Waals surface area contributed by atoms with Crippen LogP contribution >= 0.6 is 0 Å². The van der Waals surface area contributed by atoms with Gasteiger partial charge in [-0.3, -0.25) is 5.26 Å². The molecule has 0 heterocycles. The van der Waals surface area contributed by atoms with E-state index in [2.05, 4.69) is 4.81 Å². The van der Waals surface area contributed by atoms with Crippen LogP contribution in [-0.2, 0) is 4.81 Å². The van der Waals surface area contributed by atoms with Crippen molar-refractivity contribution in [2.75, 3.05) is 0 Å². The Morgan fingerprint density at radius 3 is 2.44 bits per heavy atom. The van der Waals surface area contributed by atoms with Crippen molar-refractivity contribution in [2.24, 2.45) is 0 Å². The molecule has 0 aromatic heterocycles. The van der Waals surface area contributed by atoms with E-state index in [0.29, 0.717) is 0 Å². The molecule has 0 aliphatic rings. The predicted molar refractivity (Wildman–Crippen MR) is 35.5 cm³/mol. The van der Waals surface area contributed by atoms with E-state index in [1.807, 2.05) is 30.3 Å². The Morgan fingerprint density at radius 2 is 1.89 bits per heavy atom. The van der Waals surface area contributed by atoms with E-state index < -0.39 is 0 Å². The molecule has 0 fully saturated rings. The van der Waals surface area contributed by atoms with E-state index in [1.165, 1.54) is 7.48 Å². The van der Waals surface area contributed by atoms with Crippen molar-refractivity contribution in [3.05, 3.63) is 30.3 Å². The van der Waals surface area contributed by atoms with Gasteiger partial charge in [0.2, 0.25) is 0 Å². The molecule has 1 rings (SSSR count). The van der Waals surface area contributed by atoms with E-state index in [1.54, 1.807) is 0 Å². The van der Waals surface area contributed by atoms with E-state index >= 15 is 0 Å². The molecule has 0 spiro atoms. The average molecular weight is 121 g/mol. The Kier molecular flexibility index (Phi) is 2.30. The highest BCUT2D eigenvalue weighted by Gasteiger charge is 1.91. The molecule has 9 heavy (non-hydrogen) atoms. The molecule has 0 saturated carbocycles. The van der Waals surface area contributed by atoms with Crippen molar-refractivity contribution in [1.82, 2.24) is 0 Å². The molecule has 0 saturated heterocycles. The summed E-state index contributed by atoms with van der Waals surface area (Å²) >= 11 is 0. The van der Waals surface area contributed by atoms with Crippen LogP contribution in [0.25, 0.3) is 0 Å². The third kappa shape index (κ3) is 1.87. The Bertz CT molecular complexity index is 164. The molecule has 0 bridgehead atoms. The van der Waals surface area contributed by atoms with E-state index in [0.717, 1.165) is 5.46 Å². The van der Waals surface area contributed by atoms with Crippen LogP contribution in [0.2, 0.25) is 0 Å². The normalized spacial score (nSPS) is 9.00. The molecule has 0 amide bonds. The quantitative estimate of drug-likeness (QED) is 0.349. The van der Waals surface area contributed by atoms with Crippen LogP contribution in [0.4, 0.5) is 0 Å². The fourth-order valence-corrected chi connectivity index (χ4v) is 0.592. The second-order valence-electron chi connectivity index (χ2n) is 1.63. The summed E-state index contributed by atoms with van der Waals surface area (Å²) in [7, 11) is 1.26. The summed E-state index contributed by atoms with van der Waals surface area (Å²) in [5, 5.41) is 7.96. The lowest BCUT2D eigenvalue weighted by molar-refractivity contribution is -0.135. The van der Waals surface area contributed by atoms with Crippen molar-refractivity contribution in [2.45, 2.75) is 0 Å². The molecule has 2 nitrogen and oxygen atoms in total. The van der Waals surface area contributed by atoms with Gasteiger partial charge in [-0.2, -0.15) is 0 Å². The molecule has 3 heteroatoms. The molecule has 45 valence electrons. The molecule has 0 unspecified atom stereocenters. The van der Waals surface area contributed by atoms with Crippen LogP contribution in [0.3, 0.4) is 0 Å². The van der Waals surface area contributed by atoms with Gasteiger partial charge in [0.15, 0.2) is 0 Å². The number of rotatable bonds is 2. The Balaban J connectivity index is 2.61. The predicted octanol–water partition coefficient (Wildman–Crippen LogP) is 0.421.